The molecule has 0 radical (unpaired) electrons. The van der Waals surface area contributed by atoms with E-state index in [4.69, 9.17) is 4.42 Å². The molecule has 23 heavy (non-hydrogen) atoms. The summed E-state index contributed by atoms with van der Waals surface area (Å²) in [7, 11) is 0. The van der Waals surface area contributed by atoms with Crippen molar-refractivity contribution in [1.82, 2.24) is 20.6 Å². The number of allylic oxidation sites excluding steroid dienone is 1. The number of H-pyrrole nitrogens is 1. The molecule has 3 rings (SSSR count). The third-order valence-electron chi connectivity index (χ3n) is 3.19. The summed E-state index contributed by atoms with van der Waals surface area (Å²) in [6, 6.07) is 6.30. The van der Waals surface area contributed by atoms with E-state index in [2.05, 4.69) is 20.6 Å². The summed E-state index contributed by atoms with van der Waals surface area (Å²) in [5.74, 6) is -1.46. The number of nitrogens with one attached hydrogen (secondary N) is 1. The Morgan fingerprint density at radius 2 is 2.13 bits per heavy atom. The van der Waals surface area contributed by atoms with Gasteiger partial charge in [0.1, 0.15) is 17.8 Å². The van der Waals surface area contributed by atoms with Crippen molar-refractivity contribution in [2.75, 3.05) is 0 Å². The van der Waals surface area contributed by atoms with Gasteiger partial charge in [-0.3, -0.25) is 4.79 Å². The number of hydrogen-bond donors (Lipinski definition) is 2. The van der Waals surface area contributed by atoms with Crippen LogP contribution in [0.1, 0.15) is 27.3 Å². The number of aromatic amines is 1. The maximum absolute atomic E-state index is 13.7. The van der Waals surface area contributed by atoms with E-state index in [0.29, 0.717) is 16.7 Å². The van der Waals surface area contributed by atoms with Crippen molar-refractivity contribution in [3.63, 3.8) is 0 Å². The van der Waals surface area contributed by atoms with Gasteiger partial charge in [-0.2, -0.15) is 5.21 Å². The Morgan fingerprint density at radius 1 is 1.30 bits per heavy atom. The quantitative estimate of drug-likeness (QED) is 0.425. The molecule has 0 aliphatic rings. The van der Waals surface area contributed by atoms with Gasteiger partial charge in [0.15, 0.2) is 0 Å². The molecule has 0 amide bonds. The highest BCUT2D eigenvalue weighted by atomic mass is 19.1. The summed E-state index contributed by atoms with van der Waals surface area (Å²) in [6.07, 6.45) is 3.85. The molecule has 0 saturated carbocycles. The molecule has 0 atom stereocenters. The van der Waals surface area contributed by atoms with Crippen molar-refractivity contribution in [2.45, 2.75) is 6.42 Å². The SMILES string of the molecule is O=C(C=C(O)c1cocc1Cc1ccccc1F)c1nn[nH]n1. The minimum atomic E-state index is -0.616. The van der Waals surface area contributed by atoms with E-state index in [1.807, 2.05) is 0 Å². The number of tetrazole rings is 1. The number of halogens is 1. The van der Waals surface area contributed by atoms with E-state index in [1.54, 1.807) is 18.2 Å². The fourth-order valence-corrected chi connectivity index (χ4v) is 2.06. The lowest BCUT2D eigenvalue weighted by Crippen LogP contribution is -2.00. The monoisotopic (exact) mass is 314 g/mol. The third-order valence-corrected chi connectivity index (χ3v) is 3.19. The number of rotatable bonds is 5. The smallest absolute Gasteiger partial charge is 0.244 e. The van der Waals surface area contributed by atoms with E-state index in [9.17, 15) is 14.3 Å². The predicted octanol–water partition coefficient (Wildman–Crippen LogP) is 2.30. The van der Waals surface area contributed by atoms with Gasteiger partial charge in [0.2, 0.25) is 11.6 Å². The zero-order chi connectivity index (χ0) is 16.2. The van der Waals surface area contributed by atoms with E-state index in [1.165, 1.54) is 18.6 Å². The molecule has 1 aromatic carbocycles. The van der Waals surface area contributed by atoms with E-state index in [0.717, 1.165) is 6.08 Å². The highest BCUT2D eigenvalue weighted by molar-refractivity contribution is 6.05. The normalized spacial score (nSPS) is 11.6. The molecule has 2 N–H and O–H groups in total. The molecule has 0 spiro atoms. The summed E-state index contributed by atoms with van der Waals surface area (Å²) < 4.78 is 18.8. The number of carbonyl (C=O) groups excluding carboxylic acids is 1. The topological polar surface area (TPSA) is 105 Å². The van der Waals surface area contributed by atoms with Gasteiger partial charge in [0.25, 0.3) is 0 Å². The van der Waals surface area contributed by atoms with Crippen molar-refractivity contribution in [1.29, 1.82) is 0 Å². The van der Waals surface area contributed by atoms with Crippen LogP contribution >= 0.6 is 0 Å². The van der Waals surface area contributed by atoms with Gasteiger partial charge in [-0.15, -0.1) is 10.2 Å². The average Bonchev–Trinajstić information content (AvgIpc) is 3.20. The highest BCUT2D eigenvalue weighted by Crippen LogP contribution is 2.23. The molecular formula is C15H11FN4O3. The molecule has 2 aromatic heterocycles. The van der Waals surface area contributed by atoms with Gasteiger partial charge >= 0.3 is 0 Å². The van der Waals surface area contributed by atoms with Gasteiger partial charge in [-0.25, -0.2) is 4.39 Å². The lowest BCUT2D eigenvalue weighted by atomic mass is 10.0. The van der Waals surface area contributed by atoms with E-state index >= 15 is 0 Å². The molecule has 0 saturated heterocycles. The predicted molar refractivity (Wildman–Crippen MR) is 77.0 cm³/mol. The lowest BCUT2D eigenvalue weighted by molar-refractivity contribution is 0.103. The van der Waals surface area contributed by atoms with Crippen LogP contribution in [0.4, 0.5) is 4.39 Å². The van der Waals surface area contributed by atoms with Crippen LogP contribution in [-0.4, -0.2) is 31.5 Å². The maximum atomic E-state index is 13.7. The Hall–Kier alpha value is -3.29. The van der Waals surface area contributed by atoms with Gasteiger partial charge in [-0.1, -0.05) is 18.2 Å². The van der Waals surface area contributed by atoms with E-state index in [-0.39, 0.29) is 23.8 Å². The van der Waals surface area contributed by atoms with Gasteiger partial charge < -0.3 is 9.52 Å². The lowest BCUT2D eigenvalue weighted by Gasteiger charge is -2.03. The van der Waals surface area contributed by atoms with Crippen molar-refractivity contribution < 1.29 is 18.7 Å². The first-order chi connectivity index (χ1) is 11.1. The van der Waals surface area contributed by atoms with Crippen LogP contribution in [-0.2, 0) is 6.42 Å². The van der Waals surface area contributed by atoms with Crippen molar-refractivity contribution in [3.05, 3.63) is 71.2 Å². The van der Waals surface area contributed by atoms with Crippen LogP contribution in [0.5, 0.6) is 0 Å². The molecule has 7 nitrogen and oxygen atoms in total. The first kappa shape index (κ1) is 14.6. The zero-order valence-corrected chi connectivity index (χ0v) is 11.7. The van der Waals surface area contributed by atoms with Crippen molar-refractivity contribution in [2.24, 2.45) is 0 Å². The number of hydrogen-bond acceptors (Lipinski definition) is 6. The summed E-state index contributed by atoms with van der Waals surface area (Å²) in [5, 5.41) is 22.6. The number of furan rings is 1. The molecule has 3 aromatic rings. The van der Waals surface area contributed by atoms with Crippen LogP contribution < -0.4 is 0 Å². The summed E-state index contributed by atoms with van der Waals surface area (Å²) in [4.78, 5) is 11.8. The summed E-state index contributed by atoms with van der Waals surface area (Å²) >= 11 is 0. The largest absolute Gasteiger partial charge is 0.507 e. The van der Waals surface area contributed by atoms with Crippen LogP contribution in [0.25, 0.3) is 5.76 Å². The van der Waals surface area contributed by atoms with Crippen LogP contribution in [0.2, 0.25) is 0 Å². The zero-order valence-electron chi connectivity index (χ0n) is 11.7. The first-order valence-electron chi connectivity index (χ1n) is 6.62. The molecular weight excluding hydrogens is 303 g/mol. The summed E-state index contributed by atoms with van der Waals surface area (Å²) in [5.41, 5.74) is 1.29. The molecule has 8 heteroatoms. The molecule has 2 heterocycles. The molecule has 0 bridgehead atoms. The molecule has 0 aliphatic heterocycles. The maximum Gasteiger partial charge on any atom is 0.244 e. The standard InChI is InChI=1S/C15H11FN4O3/c16-12-4-2-1-3-9(12)5-10-7-23-8-11(10)13(21)6-14(22)15-17-19-20-18-15/h1-4,6-8,21H,5H2,(H,17,18,19,20). The van der Waals surface area contributed by atoms with Crippen LogP contribution in [0.3, 0.4) is 0 Å². The van der Waals surface area contributed by atoms with Gasteiger partial charge in [0.05, 0.1) is 11.8 Å². The second-order valence-electron chi connectivity index (χ2n) is 4.71. The minimum Gasteiger partial charge on any atom is -0.507 e. The fraction of sp³-hybridized carbons (Fsp3) is 0.0667. The van der Waals surface area contributed by atoms with Gasteiger partial charge in [-0.05, 0) is 16.8 Å². The second kappa shape index (κ2) is 6.22. The van der Waals surface area contributed by atoms with Crippen molar-refractivity contribution in [3.8, 4) is 0 Å². The number of aliphatic hydroxyl groups is 1. The minimum absolute atomic E-state index is 0.171. The number of carbonyl (C=O) groups is 1. The fourth-order valence-electron chi connectivity index (χ4n) is 2.06. The van der Waals surface area contributed by atoms with E-state index < -0.39 is 5.78 Å². The van der Waals surface area contributed by atoms with Gasteiger partial charge in [0, 0.05) is 18.1 Å². The molecule has 0 fully saturated rings. The van der Waals surface area contributed by atoms with Crippen molar-refractivity contribution >= 4 is 11.5 Å². The molecule has 116 valence electrons. The molecule has 0 unspecified atom stereocenters. The number of aliphatic hydroxyl groups excluding tert-OH is 1. The number of nitrogens with zero attached hydrogens (tertiary/aromatic N) is 3. The summed E-state index contributed by atoms with van der Waals surface area (Å²) in [6.45, 7) is 0. The Bertz CT molecular complexity index is 855. The first-order valence-corrected chi connectivity index (χ1v) is 6.62. The third kappa shape index (κ3) is 3.15. The Balaban J connectivity index is 1.86. The number of ketones is 1. The Kier molecular flexibility index (Phi) is 3.96. The Morgan fingerprint density at radius 3 is 2.87 bits per heavy atom. The van der Waals surface area contributed by atoms with Crippen LogP contribution in [0.15, 0.2) is 47.3 Å². The Labute approximate surface area is 129 Å². The highest BCUT2D eigenvalue weighted by Gasteiger charge is 2.15. The average molecular weight is 314 g/mol. The number of benzene rings is 1. The van der Waals surface area contributed by atoms with Crippen LogP contribution in [0, 0.1) is 5.82 Å². The second-order valence-corrected chi connectivity index (χ2v) is 4.71. The number of aromatic nitrogens is 4. The molecule has 0 aliphatic carbocycles.